The van der Waals surface area contributed by atoms with Crippen molar-refractivity contribution < 1.29 is 9.72 Å². The fourth-order valence-corrected chi connectivity index (χ4v) is 2.25. The van der Waals surface area contributed by atoms with E-state index >= 15 is 0 Å². The van der Waals surface area contributed by atoms with E-state index in [0.29, 0.717) is 17.8 Å². The first-order valence-electron chi connectivity index (χ1n) is 6.65. The zero-order chi connectivity index (χ0) is 14.5. The molecular formula is C13H18N4O3. The number of nitro groups is 1. The normalized spacial score (nSPS) is 14.9. The van der Waals surface area contributed by atoms with Gasteiger partial charge in [0.1, 0.15) is 5.69 Å². The van der Waals surface area contributed by atoms with Crippen LogP contribution in [0.5, 0.6) is 0 Å². The molecule has 1 aromatic carbocycles. The number of anilines is 1. The predicted octanol–water partition coefficient (Wildman–Crippen LogP) is 0.754. The molecular weight excluding hydrogens is 260 g/mol. The molecule has 0 spiro atoms. The molecule has 0 aromatic heterocycles. The highest BCUT2D eigenvalue weighted by molar-refractivity contribution is 5.95. The first-order chi connectivity index (χ1) is 9.63. The summed E-state index contributed by atoms with van der Waals surface area (Å²) in [4.78, 5) is 24.5. The molecule has 7 heteroatoms. The summed E-state index contributed by atoms with van der Waals surface area (Å²) in [6, 6.07) is 4.64. The molecule has 108 valence electrons. The van der Waals surface area contributed by atoms with Crippen LogP contribution in [-0.2, 0) is 0 Å². The summed E-state index contributed by atoms with van der Waals surface area (Å²) in [5.74, 6) is -0.289. The van der Waals surface area contributed by atoms with E-state index in [4.69, 9.17) is 0 Å². The molecule has 1 saturated heterocycles. The lowest BCUT2D eigenvalue weighted by atomic mass is 10.1. The Hall–Kier alpha value is -2.15. The fourth-order valence-electron chi connectivity index (χ4n) is 2.25. The van der Waals surface area contributed by atoms with Crippen LogP contribution in [0.15, 0.2) is 18.2 Å². The number of nitrogens with one attached hydrogen (secondary N) is 2. The fraction of sp³-hybridized carbons (Fsp3) is 0.462. The Morgan fingerprint density at radius 3 is 2.75 bits per heavy atom. The number of carbonyl (C=O) groups excluding carboxylic acids is 1. The van der Waals surface area contributed by atoms with E-state index in [1.165, 1.54) is 6.07 Å². The number of amides is 1. The van der Waals surface area contributed by atoms with Gasteiger partial charge in [-0.2, -0.15) is 0 Å². The van der Waals surface area contributed by atoms with Gasteiger partial charge >= 0.3 is 0 Å². The molecule has 0 bridgehead atoms. The molecule has 0 radical (unpaired) electrons. The van der Waals surface area contributed by atoms with Gasteiger partial charge in [-0.25, -0.2) is 0 Å². The van der Waals surface area contributed by atoms with Crippen molar-refractivity contribution in [2.24, 2.45) is 0 Å². The second-order valence-corrected chi connectivity index (χ2v) is 4.56. The molecule has 2 rings (SSSR count). The lowest BCUT2D eigenvalue weighted by Crippen LogP contribution is -2.43. The molecule has 1 fully saturated rings. The van der Waals surface area contributed by atoms with E-state index in [1.807, 2.05) is 4.90 Å². The van der Waals surface area contributed by atoms with E-state index in [-0.39, 0.29) is 11.6 Å². The molecule has 1 amide bonds. The lowest BCUT2D eigenvalue weighted by molar-refractivity contribution is -0.384. The number of carbonyl (C=O) groups is 1. The SMILES string of the molecule is CCNC(=O)c1ccc(N2CCNCC2)c([N+](=O)[O-])c1. The van der Waals surface area contributed by atoms with Crippen LogP contribution in [0, 0.1) is 10.1 Å². The van der Waals surface area contributed by atoms with Crippen LogP contribution < -0.4 is 15.5 Å². The maximum Gasteiger partial charge on any atom is 0.293 e. The predicted molar refractivity (Wildman–Crippen MR) is 76.2 cm³/mol. The standard InChI is InChI=1S/C13H18N4O3/c1-2-15-13(18)10-3-4-11(12(9-10)17(19)20)16-7-5-14-6-8-16/h3-4,9,14H,2,5-8H2,1H3,(H,15,18). The molecule has 0 aliphatic carbocycles. The summed E-state index contributed by atoms with van der Waals surface area (Å²) in [5.41, 5.74) is 0.873. The Bertz CT molecular complexity index is 512. The van der Waals surface area contributed by atoms with E-state index < -0.39 is 4.92 Å². The zero-order valence-electron chi connectivity index (χ0n) is 11.4. The van der Waals surface area contributed by atoms with Gasteiger partial charge in [-0.05, 0) is 19.1 Å². The molecule has 1 aliphatic heterocycles. The van der Waals surface area contributed by atoms with Gasteiger partial charge in [0.25, 0.3) is 11.6 Å². The Morgan fingerprint density at radius 2 is 2.15 bits per heavy atom. The van der Waals surface area contributed by atoms with Crippen molar-refractivity contribution in [1.29, 1.82) is 0 Å². The number of nitro benzene ring substituents is 1. The van der Waals surface area contributed by atoms with E-state index in [1.54, 1.807) is 19.1 Å². The highest BCUT2D eigenvalue weighted by atomic mass is 16.6. The van der Waals surface area contributed by atoms with Crippen molar-refractivity contribution in [3.8, 4) is 0 Å². The quantitative estimate of drug-likeness (QED) is 0.627. The van der Waals surface area contributed by atoms with Gasteiger partial charge in [0.2, 0.25) is 0 Å². The maximum absolute atomic E-state index is 11.7. The summed E-state index contributed by atoms with van der Waals surface area (Å²) in [5, 5.41) is 17.1. The molecule has 0 atom stereocenters. The minimum Gasteiger partial charge on any atom is -0.363 e. The second-order valence-electron chi connectivity index (χ2n) is 4.56. The van der Waals surface area contributed by atoms with E-state index in [0.717, 1.165) is 26.2 Å². The van der Waals surface area contributed by atoms with Crippen LogP contribution >= 0.6 is 0 Å². The van der Waals surface area contributed by atoms with Crippen molar-refractivity contribution in [2.75, 3.05) is 37.6 Å². The van der Waals surface area contributed by atoms with Gasteiger partial charge in [-0.1, -0.05) is 0 Å². The summed E-state index contributed by atoms with van der Waals surface area (Å²) in [7, 11) is 0. The minimum atomic E-state index is -0.430. The molecule has 2 N–H and O–H groups in total. The van der Waals surface area contributed by atoms with Crippen LogP contribution in [-0.4, -0.2) is 43.6 Å². The number of nitrogens with zero attached hydrogens (tertiary/aromatic N) is 2. The Kier molecular flexibility index (Phi) is 4.52. The van der Waals surface area contributed by atoms with Crippen LogP contribution in [0.3, 0.4) is 0 Å². The highest BCUT2D eigenvalue weighted by Gasteiger charge is 2.22. The zero-order valence-corrected chi connectivity index (χ0v) is 11.4. The molecule has 1 aromatic rings. The van der Waals surface area contributed by atoms with Crippen molar-refractivity contribution in [1.82, 2.24) is 10.6 Å². The van der Waals surface area contributed by atoms with Gasteiger partial charge in [-0.15, -0.1) is 0 Å². The van der Waals surface area contributed by atoms with Crippen molar-refractivity contribution in [2.45, 2.75) is 6.92 Å². The first kappa shape index (κ1) is 14.3. The average Bonchev–Trinajstić information content (AvgIpc) is 2.47. The van der Waals surface area contributed by atoms with E-state index in [2.05, 4.69) is 10.6 Å². The summed E-state index contributed by atoms with van der Waals surface area (Å²) in [6.45, 7) is 5.35. The van der Waals surface area contributed by atoms with Crippen LogP contribution in [0.25, 0.3) is 0 Å². The second kappa shape index (κ2) is 6.33. The van der Waals surface area contributed by atoms with Gasteiger partial charge in [0.15, 0.2) is 0 Å². The van der Waals surface area contributed by atoms with Crippen LogP contribution in [0.2, 0.25) is 0 Å². The number of piperazine rings is 1. The minimum absolute atomic E-state index is 0.0179. The van der Waals surface area contributed by atoms with Crippen LogP contribution in [0.4, 0.5) is 11.4 Å². The molecule has 20 heavy (non-hydrogen) atoms. The van der Waals surface area contributed by atoms with Gasteiger partial charge in [0.05, 0.1) is 4.92 Å². The van der Waals surface area contributed by atoms with Gasteiger partial charge in [-0.3, -0.25) is 14.9 Å². The third-order valence-corrected chi connectivity index (χ3v) is 3.23. The Morgan fingerprint density at radius 1 is 1.45 bits per heavy atom. The first-order valence-corrected chi connectivity index (χ1v) is 6.65. The smallest absolute Gasteiger partial charge is 0.293 e. The monoisotopic (exact) mass is 278 g/mol. The Balaban J connectivity index is 2.32. The lowest BCUT2D eigenvalue weighted by Gasteiger charge is -2.29. The number of benzene rings is 1. The Labute approximate surface area is 117 Å². The third kappa shape index (κ3) is 3.05. The number of rotatable bonds is 4. The van der Waals surface area contributed by atoms with E-state index in [9.17, 15) is 14.9 Å². The summed E-state index contributed by atoms with van der Waals surface area (Å²) < 4.78 is 0. The topological polar surface area (TPSA) is 87.5 Å². The third-order valence-electron chi connectivity index (χ3n) is 3.23. The highest BCUT2D eigenvalue weighted by Crippen LogP contribution is 2.29. The molecule has 0 saturated carbocycles. The molecule has 1 heterocycles. The molecule has 7 nitrogen and oxygen atoms in total. The molecule has 0 unspecified atom stereocenters. The number of hydrogen-bond donors (Lipinski definition) is 2. The van der Waals surface area contributed by atoms with Gasteiger partial charge < -0.3 is 15.5 Å². The average molecular weight is 278 g/mol. The largest absolute Gasteiger partial charge is 0.363 e. The summed E-state index contributed by atoms with van der Waals surface area (Å²) >= 11 is 0. The molecule has 1 aliphatic rings. The maximum atomic E-state index is 11.7. The van der Waals surface area contributed by atoms with Crippen molar-refractivity contribution >= 4 is 17.3 Å². The van der Waals surface area contributed by atoms with Gasteiger partial charge in [0, 0.05) is 44.4 Å². The number of hydrogen-bond acceptors (Lipinski definition) is 5. The van der Waals surface area contributed by atoms with Crippen molar-refractivity contribution in [3.05, 3.63) is 33.9 Å². The van der Waals surface area contributed by atoms with Crippen LogP contribution in [0.1, 0.15) is 17.3 Å². The van der Waals surface area contributed by atoms with Crippen molar-refractivity contribution in [3.63, 3.8) is 0 Å². The summed E-state index contributed by atoms with van der Waals surface area (Å²) in [6.07, 6.45) is 0.